The Balaban J connectivity index is 2.02. The molecule has 1 aliphatic heterocycles. The summed E-state index contributed by atoms with van der Waals surface area (Å²) in [6, 6.07) is 7.53. The van der Waals surface area contributed by atoms with E-state index in [1.165, 1.54) is 12.3 Å². The molecule has 3 rings (SSSR count). The summed E-state index contributed by atoms with van der Waals surface area (Å²) >= 11 is 0. The lowest BCUT2D eigenvalue weighted by Crippen LogP contribution is -2.49. The second-order valence-corrected chi connectivity index (χ2v) is 8.19. The highest BCUT2D eigenvalue weighted by atomic mass is 19.1. The second kappa shape index (κ2) is 9.90. The number of aromatic nitrogens is 1. The number of aliphatic hydroxyl groups is 1. The summed E-state index contributed by atoms with van der Waals surface area (Å²) in [5.41, 5.74) is 1.04. The van der Waals surface area contributed by atoms with Crippen molar-refractivity contribution in [3.63, 3.8) is 0 Å². The molecule has 0 unspecified atom stereocenters. The first-order valence-electron chi connectivity index (χ1n) is 10.3. The van der Waals surface area contributed by atoms with Crippen LogP contribution in [0, 0.1) is 23.6 Å². The van der Waals surface area contributed by atoms with Crippen molar-refractivity contribution in [2.75, 3.05) is 33.8 Å². The van der Waals surface area contributed by atoms with E-state index in [0.29, 0.717) is 18.7 Å². The number of carbonyl (C=O) groups is 1. The number of hydrogen-bond donors (Lipinski definition) is 1. The van der Waals surface area contributed by atoms with Gasteiger partial charge in [0.1, 0.15) is 17.5 Å². The summed E-state index contributed by atoms with van der Waals surface area (Å²) < 4.78 is 20.0. The first-order chi connectivity index (χ1) is 14.8. The van der Waals surface area contributed by atoms with Gasteiger partial charge >= 0.3 is 0 Å². The number of ether oxygens (including phenoxy) is 1. The Hall–Kier alpha value is -2.95. The molecule has 0 aliphatic carbocycles. The van der Waals surface area contributed by atoms with Gasteiger partial charge in [0, 0.05) is 30.8 Å². The van der Waals surface area contributed by atoms with Gasteiger partial charge in [0.2, 0.25) is 5.88 Å². The van der Waals surface area contributed by atoms with Gasteiger partial charge in [0.05, 0.1) is 18.2 Å². The lowest BCUT2D eigenvalue weighted by Gasteiger charge is -2.37. The highest BCUT2D eigenvalue weighted by Crippen LogP contribution is 2.27. The molecule has 1 amide bonds. The molecule has 31 heavy (non-hydrogen) atoms. The van der Waals surface area contributed by atoms with E-state index < -0.39 is 5.82 Å². The van der Waals surface area contributed by atoms with Crippen molar-refractivity contribution < 1.29 is 19.0 Å². The van der Waals surface area contributed by atoms with Gasteiger partial charge in [0.15, 0.2) is 0 Å². The molecule has 1 N–H and O–H groups in total. The summed E-state index contributed by atoms with van der Waals surface area (Å²) in [5, 5.41) is 9.70. The van der Waals surface area contributed by atoms with Gasteiger partial charge in [-0.15, -0.1) is 0 Å². The van der Waals surface area contributed by atoms with E-state index in [4.69, 9.17) is 4.74 Å². The zero-order valence-corrected chi connectivity index (χ0v) is 18.3. The van der Waals surface area contributed by atoms with Crippen LogP contribution in [-0.4, -0.2) is 71.7 Å². The third-order valence-electron chi connectivity index (χ3n) is 5.28. The van der Waals surface area contributed by atoms with Gasteiger partial charge in [-0.05, 0) is 39.2 Å². The maximum Gasteiger partial charge on any atom is 0.259 e. The van der Waals surface area contributed by atoms with Crippen LogP contribution in [-0.2, 0) is 0 Å². The minimum atomic E-state index is -0.405. The van der Waals surface area contributed by atoms with Crippen molar-refractivity contribution >= 4 is 5.91 Å². The SMILES string of the molecule is C[C@H](CO)N1C[C@H](C)[C@@H](CN(C)C)Oc2ncc(C#Cc3ccccc3F)cc2C1=O. The quantitative estimate of drug-likeness (QED) is 0.762. The van der Waals surface area contributed by atoms with E-state index in [0.717, 1.165) is 0 Å². The van der Waals surface area contributed by atoms with Gasteiger partial charge in [-0.1, -0.05) is 30.9 Å². The Morgan fingerprint density at radius 2 is 2.10 bits per heavy atom. The van der Waals surface area contributed by atoms with Crippen LogP contribution >= 0.6 is 0 Å². The largest absolute Gasteiger partial charge is 0.472 e. The topological polar surface area (TPSA) is 65.9 Å². The number of halogens is 1. The van der Waals surface area contributed by atoms with Gasteiger partial charge in [-0.25, -0.2) is 9.37 Å². The number of nitrogens with zero attached hydrogens (tertiary/aromatic N) is 3. The fourth-order valence-corrected chi connectivity index (χ4v) is 3.45. The molecule has 0 spiro atoms. The third-order valence-corrected chi connectivity index (χ3v) is 5.28. The molecule has 164 valence electrons. The molecule has 0 bridgehead atoms. The van der Waals surface area contributed by atoms with Crippen molar-refractivity contribution in [1.82, 2.24) is 14.8 Å². The van der Waals surface area contributed by atoms with Crippen molar-refractivity contribution in [3.8, 4) is 17.7 Å². The Labute approximate surface area is 182 Å². The highest BCUT2D eigenvalue weighted by Gasteiger charge is 2.33. The van der Waals surface area contributed by atoms with Crippen LogP contribution in [0.5, 0.6) is 5.88 Å². The van der Waals surface area contributed by atoms with E-state index in [1.54, 1.807) is 29.2 Å². The average Bonchev–Trinajstić information content (AvgIpc) is 2.75. The number of hydrogen-bond acceptors (Lipinski definition) is 5. The smallest absolute Gasteiger partial charge is 0.259 e. The molecule has 1 aromatic heterocycles. The second-order valence-electron chi connectivity index (χ2n) is 8.19. The van der Waals surface area contributed by atoms with E-state index in [9.17, 15) is 14.3 Å². The van der Waals surface area contributed by atoms with Crippen molar-refractivity contribution in [3.05, 3.63) is 59.0 Å². The zero-order valence-electron chi connectivity index (χ0n) is 18.3. The lowest BCUT2D eigenvalue weighted by molar-refractivity contribution is 0.0348. The molecule has 3 atom stereocenters. The fourth-order valence-electron chi connectivity index (χ4n) is 3.45. The molecule has 0 saturated heterocycles. The Morgan fingerprint density at radius 1 is 1.35 bits per heavy atom. The number of rotatable bonds is 4. The summed E-state index contributed by atoms with van der Waals surface area (Å²) in [6.07, 6.45) is 1.34. The normalized spacial score (nSPS) is 19.6. The Bertz CT molecular complexity index is 999. The van der Waals surface area contributed by atoms with E-state index in [1.807, 2.05) is 32.8 Å². The van der Waals surface area contributed by atoms with E-state index in [-0.39, 0.29) is 47.6 Å². The first kappa shape index (κ1) is 22.7. The van der Waals surface area contributed by atoms with Crippen molar-refractivity contribution in [1.29, 1.82) is 0 Å². The molecule has 2 aromatic rings. The predicted octanol–water partition coefficient (Wildman–Crippen LogP) is 2.40. The monoisotopic (exact) mass is 425 g/mol. The highest BCUT2D eigenvalue weighted by molar-refractivity contribution is 5.97. The van der Waals surface area contributed by atoms with Crippen LogP contribution in [0.4, 0.5) is 4.39 Å². The minimum absolute atomic E-state index is 0.0378. The summed E-state index contributed by atoms with van der Waals surface area (Å²) in [5.74, 6) is 5.28. The summed E-state index contributed by atoms with van der Waals surface area (Å²) in [4.78, 5) is 21.4. The number of fused-ring (bicyclic) bond motifs is 1. The number of amides is 1. The molecule has 6 nitrogen and oxygen atoms in total. The minimum Gasteiger partial charge on any atom is -0.472 e. The van der Waals surface area contributed by atoms with Crippen LogP contribution in [0.3, 0.4) is 0 Å². The first-order valence-corrected chi connectivity index (χ1v) is 10.3. The molecule has 1 aliphatic rings. The van der Waals surface area contributed by atoms with Crippen LogP contribution < -0.4 is 4.74 Å². The maximum atomic E-state index is 13.9. The number of pyridine rings is 1. The molecule has 1 aromatic carbocycles. The van der Waals surface area contributed by atoms with Gasteiger partial charge in [-0.2, -0.15) is 0 Å². The van der Waals surface area contributed by atoms with Crippen LogP contribution in [0.25, 0.3) is 0 Å². The van der Waals surface area contributed by atoms with Gasteiger partial charge in [0.25, 0.3) is 5.91 Å². The molecule has 0 radical (unpaired) electrons. The number of likely N-dealkylation sites (N-methyl/N-ethyl adjacent to an activating group) is 1. The van der Waals surface area contributed by atoms with Crippen LogP contribution in [0.15, 0.2) is 36.5 Å². The van der Waals surface area contributed by atoms with Crippen LogP contribution in [0.2, 0.25) is 0 Å². The molecule has 0 fully saturated rings. The summed E-state index contributed by atoms with van der Waals surface area (Å²) in [6.45, 7) is 4.80. The molecular formula is C24H28FN3O3. The third kappa shape index (κ3) is 5.40. The van der Waals surface area contributed by atoms with Crippen molar-refractivity contribution in [2.24, 2.45) is 5.92 Å². The lowest BCUT2D eigenvalue weighted by atomic mass is 10.00. The average molecular weight is 426 g/mol. The maximum absolute atomic E-state index is 13.9. The Morgan fingerprint density at radius 3 is 2.77 bits per heavy atom. The van der Waals surface area contributed by atoms with Gasteiger partial charge in [-0.3, -0.25) is 4.79 Å². The van der Waals surface area contributed by atoms with Gasteiger partial charge < -0.3 is 19.6 Å². The van der Waals surface area contributed by atoms with E-state index in [2.05, 4.69) is 16.8 Å². The standard InChI is InChI=1S/C24H28FN3O3/c1-16-13-28(17(2)15-29)24(30)20-11-18(9-10-19-7-5-6-8-21(19)25)12-26-23(20)31-22(16)14-27(3)4/h5-8,11-12,16-17,22,29H,13-15H2,1-4H3/t16-,17+,22+/m0/s1. The molecule has 0 saturated carbocycles. The number of carbonyl (C=O) groups excluding carboxylic acids is 1. The van der Waals surface area contributed by atoms with Crippen molar-refractivity contribution in [2.45, 2.75) is 26.0 Å². The predicted molar refractivity (Wildman–Crippen MR) is 116 cm³/mol. The number of aliphatic hydroxyl groups excluding tert-OH is 1. The summed E-state index contributed by atoms with van der Waals surface area (Å²) in [7, 11) is 3.92. The number of benzene rings is 1. The molecule has 7 heteroatoms. The Kier molecular flexibility index (Phi) is 7.26. The van der Waals surface area contributed by atoms with Crippen LogP contribution in [0.1, 0.15) is 35.3 Å². The fraction of sp³-hybridized carbons (Fsp3) is 0.417. The molecular weight excluding hydrogens is 397 g/mol. The zero-order chi connectivity index (χ0) is 22.5. The molecule has 2 heterocycles. The van der Waals surface area contributed by atoms with E-state index >= 15 is 0 Å².